The van der Waals surface area contributed by atoms with E-state index in [1.54, 1.807) is 83.3 Å². The van der Waals surface area contributed by atoms with Crippen LogP contribution in [-0.4, -0.2) is 106 Å². The number of halogens is 2. The van der Waals surface area contributed by atoms with Crippen LogP contribution in [0.3, 0.4) is 0 Å². The second-order valence-electron chi connectivity index (χ2n) is 31.5. The number of ether oxygens (including phenoxy) is 8. The number of hydrogen-bond acceptors (Lipinski definition) is 16. The molecular weight excluding hydrogens is 1550 g/mol. The molecule has 0 spiro atoms. The second kappa shape index (κ2) is 39.6. The molecule has 4 N–H and O–H groups in total. The monoisotopic (exact) mass is 1650 g/mol. The first-order valence-electron chi connectivity index (χ1n) is 41.4. The molecule has 4 aliphatic carbocycles. The molecule has 8 aromatic carbocycles. The molecule has 0 radical (unpaired) electrons. The van der Waals surface area contributed by atoms with Crippen LogP contribution in [0.5, 0.6) is 46.0 Å². The third-order valence-corrected chi connectivity index (χ3v) is 25.7. The molecule has 4 saturated carbocycles. The number of para-hydroxylation sites is 2. The highest BCUT2D eigenvalue weighted by atomic mass is 35.5. The predicted molar refractivity (Wildman–Crippen MR) is 467 cm³/mol. The summed E-state index contributed by atoms with van der Waals surface area (Å²) in [6, 6.07) is 57.7. The van der Waals surface area contributed by atoms with E-state index in [0.717, 1.165) is 167 Å². The van der Waals surface area contributed by atoms with Crippen LogP contribution in [0.15, 0.2) is 195 Å². The van der Waals surface area contributed by atoms with Gasteiger partial charge in [0.05, 0.1) is 61.3 Å². The van der Waals surface area contributed by atoms with Crippen LogP contribution in [0.4, 0.5) is 4.39 Å². The Bertz CT molecular complexity index is 5370. The van der Waals surface area contributed by atoms with E-state index in [1.807, 2.05) is 104 Å². The molecule has 12 aromatic rings. The maximum absolute atomic E-state index is 14.7. The minimum atomic E-state index is -0.458. The van der Waals surface area contributed by atoms with Gasteiger partial charge in [0.1, 0.15) is 16.7 Å². The average Bonchev–Trinajstić information content (AvgIpc) is 1.11. The Kier molecular flexibility index (Phi) is 28.5. The molecule has 19 nitrogen and oxygen atoms in total. The maximum atomic E-state index is 14.7. The van der Waals surface area contributed by atoms with Crippen LogP contribution in [0.2, 0.25) is 5.02 Å². The second-order valence-corrected chi connectivity index (χ2v) is 33.0. The summed E-state index contributed by atoms with van der Waals surface area (Å²) in [6.45, 7) is 4.69. The van der Waals surface area contributed by atoms with E-state index in [1.165, 1.54) is 63.5 Å². The highest BCUT2D eigenvalue weighted by Crippen LogP contribution is 2.48. The molecule has 4 amide bonds. The first-order valence-corrected chi connectivity index (χ1v) is 42.6. The lowest BCUT2D eigenvalue weighted by atomic mass is 9.69. The van der Waals surface area contributed by atoms with Crippen LogP contribution in [0.25, 0.3) is 43.0 Å². The lowest BCUT2D eigenvalue weighted by Crippen LogP contribution is -2.42. The van der Waals surface area contributed by atoms with Crippen molar-refractivity contribution in [3.8, 4) is 46.0 Å². The number of methoxy groups -OCH3 is 7. The molecule has 0 saturated heterocycles. The molecule has 0 atom stereocenters. The van der Waals surface area contributed by atoms with Gasteiger partial charge in [-0.3, -0.25) is 19.2 Å². The molecular formula is C97H108ClFN4O15S. The zero-order valence-electron chi connectivity index (χ0n) is 69.3. The molecule has 0 aliphatic heterocycles. The number of hydrogen-bond donors (Lipinski definition) is 4. The summed E-state index contributed by atoms with van der Waals surface area (Å²) in [5, 5.41) is 16.9. The Hall–Kier alpha value is -11.2. The van der Waals surface area contributed by atoms with Crippen molar-refractivity contribution in [2.75, 3.05) is 82.6 Å². The van der Waals surface area contributed by atoms with Crippen molar-refractivity contribution in [3.05, 3.63) is 237 Å². The van der Waals surface area contributed by atoms with Crippen LogP contribution in [0.1, 0.15) is 199 Å². The van der Waals surface area contributed by atoms with Gasteiger partial charge in [-0.25, -0.2) is 4.39 Å². The molecule has 22 heteroatoms. The lowest BCUT2D eigenvalue weighted by molar-refractivity contribution is 0.0904. The van der Waals surface area contributed by atoms with Gasteiger partial charge >= 0.3 is 0 Å². The summed E-state index contributed by atoms with van der Waals surface area (Å²) >= 11 is 7.59. The SMILES string of the molecule is CCOc1cc(C2(CNC(=O)c3cc4ccccc4o3)CCCCC2)ccc1OC.COc1cc(C2(CNC(=O)c3cc4ccccc4o3)CCCCC2)cc(F)c1OC.COc1ccc(C2(CNC(=O)c3cc4cc(Cl)ccc4o3)CCCCC2)cc1OC.COc1ccc(C2(CNC(=O)c3cc4ccccc4s3)CCCCC2)cc1OC. The number of carbonyl (C=O) groups excluding carboxylic acids is 4. The number of fused-ring (bicyclic) bond motifs is 4. The molecule has 4 aromatic heterocycles. The zero-order chi connectivity index (χ0) is 83.5. The Balaban J connectivity index is 0.000000137. The van der Waals surface area contributed by atoms with Crippen molar-refractivity contribution in [3.63, 3.8) is 0 Å². The van der Waals surface area contributed by atoms with Gasteiger partial charge in [-0.15, -0.1) is 11.3 Å². The number of thiophene rings is 1. The third kappa shape index (κ3) is 19.9. The normalized spacial score (nSPS) is 15.7. The van der Waals surface area contributed by atoms with Gasteiger partial charge in [0.15, 0.2) is 69.1 Å². The average molecular weight is 1660 g/mol. The number of furan rings is 3. The lowest BCUT2D eigenvalue weighted by Gasteiger charge is -2.38. The molecule has 4 heterocycles. The van der Waals surface area contributed by atoms with E-state index in [0.29, 0.717) is 77.7 Å². The third-order valence-electron chi connectivity index (χ3n) is 24.4. The highest BCUT2D eigenvalue weighted by Gasteiger charge is 2.40. The molecule has 119 heavy (non-hydrogen) atoms. The van der Waals surface area contributed by atoms with Crippen molar-refractivity contribution in [1.82, 2.24) is 21.3 Å². The topological polar surface area (TPSA) is 230 Å². The summed E-state index contributed by atoms with van der Waals surface area (Å²) < 4.78 is 76.6. The van der Waals surface area contributed by atoms with Gasteiger partial charge in [-0.2, -0.15) is 0 Å². The summed E-state index contributed by atoms with van der Waals surface area (Å²) in [7, 11) is 11.2. The van der Waals surface area contributed by atoms with Crippen molar-refractivity contribution >= 4 is 89.6 Å². The number of benzene rings is 8. The van der Waals surface area contributed by atoms with Crippen LogP contribution in [-0.2, 0) is 21.7 Å². The number of carbonyl (C=O) groups is 4. The van der Waals surface area contributed by atoms with Gasteiger partial charge in [-0.1, -0.05) is 161 Å². The van der Waals surface area contributed by atoms with E-state index in [-0.39, 0.29) is 56.8 Å². The van der Waals surface area contributed by atoms with Gasteiger partial charge in [0.2, 0.25) is 0 Å². The summed E-state index contributed by atoms with van der Waals surface area (Å²) in [5.74, 6) is 4.66. The van der Waals surface area contributed by atoms with Crippen LogP contribution < -0.4 is 59.2 Å². The fourth-order valence-corrected chi connectivity index (χ4v) is 18.9. The first kappa shape index (κ1) is 85.7. The minimum absolute atomic E-state index is 0.0108. The predicted octanol–water partition coefficient (Wildman–Crippen LogP) is 22.0. The van der Waals surface area contributed by atoms with E-state index >= 15 is 0 Å². The number of rotatable bonds is 25. The molecule has 16 rings (SSSR count). The van der Waals surface area contributed by atoms with Gasteiger partial charge < -0.3 is 72.4 Å². The Labute approximate surface area is 704 Å². The van der Waals surface area contributed by atoms with E-state index in [9.17, 15) is 23.6 Å². The first-order chi connectivity index (χ1) is 57.9. The van der Waals surface area contributed by atoms with Gasteiger partial charge in [0, 0.05) is 73.7 Å². The molecule has 0 bridgehead atoms. The standard InChI is InChI=1S/C25H29NO4.C24H26ClNO4.C24H26FNO4.C24H27NO3S/c1-3-29-22-16-19(11-12-21(22)28-2)25(13-7-4-8-14-25)17-26-24(27)23-15-18-9-5-6-10-20(18)30-23;1-28-20-8-6-17(14-21(20)29-2)24(10-4-3-5-11-24)15-26-23(27)22-13-16-12-18(25)7-9-19(16)30-22;1-28-20-14-17(13-18(25)22(20)29-2)24(10-6-3-7-11-24)15-26-23(27)21-12-16-8-4-5-9-19(16)30-21;1-27-19-11-10-18(15-20(19)28-2)24(12-6-3-7-13-24)16-25-23(26)22-14-17-8-4-5-9-21(17)29-22/h5-6,9-12,15-16H,3-4,7-8,13-14,17H2,1-2H3,(H,26,27);6-9,12-14H,3-5,10-11,15H2,1-2H3,(H,26,27);4-5,8-9,12-14H,3,6-7,10-11,15H2,1-2H3,(H,26,27);4-5,8-11,14-15H,3,6-7,12-13,16H2,1-2H3,(H,25,26). The van der Waals surface area contributed by atoms with E-state index in [4.69, 9.17) is 62.7 Å². The number of amides is 4. The van der Waals surface area contributed by atoms with Crippen molar-refractivity contribution in [2.45, 2.75) is 157 Å². The van der Waals surface area contributed by atoms with Gasteiger partial charge in [0.25, 0.3) is 23.6 Å². The van der Waals surface area contributed by atoms with Crippen molar-refractivity contribution < 1.29 is 74.7 Å². The minimum Gasteiger partial charge on any atom is -0.493 e. The van der Waals surface area contributed by atoms with Gasteiger partial charge in [-0.05, 0) is 195 Å². The smallest absolute Gasteiger partial charge is 0.287 e. The van der Waals surface area contributed by atoms with Crippen LogP contribution in [0, 0.1) is 5.82 Å². The zero-order valence-corrected chi connectivity index (χ0v) is 70.9. The maximum Gasteiger partial charge on any atom is 0.287 e. The Morgan fingerprint density at radius 2 is 0.723 bits per heavy atom. The van der Waals surface area contributed by atoms with Crippen molar-refractivity contribution in [1.29, 1.82) is 0 Å². The summed E-state index contributed by atoms with van der Waals surface area (Å²) in [6.07, 6.45) is 21.7. The quantitative estimate of drug-likeness (QED) is 0.0417. The van der Waals surface area contributed by atoms with Crippen LogP contribution >= 0.6 is 22.9 Å². The Morgan fingerprint density at radius 1 is 0.361 bits per heavy atom. The number of nitrogens with one attached hydrogen (secondary N) is 4. The molecule has 626 valence electrons. The Morgan fingerprint density at radius 3 is 1.13 bits per heavy atom. The fourth-order valence-electron chi connectivity index (χ4n) is 17.8. The summed E-state index contributed by atoms with van der Waals surface area (Å²) in [5.41, 5.74) is 5.77. The van der Waals surface area contributed by atoms with E-state index in [2.05, 4.69) is 63.7 Å². The fraction of sp³-hybridized carbons (Fsp3) is 0.381. The molecule has 4 fully saturated rings. The highest BCUT2D eigenvalue weighted by molar-refractivity contribution is 7.20. The summed E-state index contributed by atoms with van der Waals surface area (Å²) in [4.78, 5) is 52.2. The largest absolute Gasteiger partial charge is 0.493 e. The molecule has 4 aliphatic rings. The molecule has 0 unspecified atom stereocenters. The van der Waals surface area contributed by atoms with E-state index < -0.39 is 5.82 Å². The van der Waals surface area contributed by atoms with Crippen molar-refractivity contribution in [2.24, 2.45) is 0 Å².